The van der Waals surface area contributed by atoms with Crippen LogP contribution in [0.1, 0.15) is 39.3 Å². The molecule has 2 fully saturated rings. The summed E-state index contributed by atoms with van der Waals surface area (Å²) in [4.78, 5) is 23.5. The predicted molar refractivity (Wildman–Crippen MR) is 128 cm³/mol. The van der Waals surface area contributed by atoms with Crippen molar-refractivity contribution in [2.75, 3.05) is 36.2 Å². The van der Waals surface area contributed by atoms with Crippen molar-refractivity contribution in [1.82, 2.24) is 15.3 Å². The lowest BCUT2D eigenvalue weighted by Gasteiger charge is -2.35. The van der Waals surface area contributed by atoms with Gasteiger partial charge in [-0.1, -0.05) is 0 Å². The molecule has 0 radical (unpaired) electrons. The number of nitrogens with zero attached hydrogens (tertiary/aromatic N) is 3. The van der Waals surface area contributed by atoms with Crippen molar-refractivity contribution in [1.29, 1.82) is 0 Å². The molecule has 2 aliphatic rings. The van der Waals surface area contributed by atoms with Crippen LogP contribution in [0.2, 0.25) is 0 Å². The smallest absolute Gasteiger partial charge is 0.319 e. The van der Waals surface area contributed by atoms with Crippen LogP contribution >= 0.6 is 0 Å². The first-order valence-electron chi connectivity index (χ1n) is 11.2. The van der Waals surface area contributed by atoms with Crippen LogP contribution < -0.4 is 15.5 Å². The highest BCUT2D eigenvalue weighted by atomic mass is 32.2. The molecule has 2 heterocycles. The molecular weight excluding hydrogens is 442 g/mol. The van der Waals surface area contributed by atoms with E-state index in [-0.39, 0.29) is 18.1 Å². The minimum absolute atomic E-state index is 0.104. The number of nitrogens with one attached hydrogen (secondary N) is 2. The van der Waals surface area contributed by atoms with E-state index in [1.807, 2.05) is 12.1 Å². The number of urea groups is 1. The topological polar surface area (TPSA) is 114 Å². The number of morpholine rings is 1. The zero-order valence-corrected chi connectivity index (χ0v) is 20.3. The van der Waals surface area contributed by atoms with E-state index >= 15 is 0 Å². The molecule has 4 rings (SSSR count). The second-order valence-electron chi connectivity index (χ2n) is 9.28. The van der Waals surface area contributed by atoms with Crippen molar-refractivity contribution in [3.05, 3.63) is 36.0 Å². The van der Waals surface area contributed by atoms with Gasteiger partial charge in [0, 0.05) is 36.2 Å². The highest BCUT2D eigenvalue weighted by molar-refractivity contribution is 7.91. The lowest BCUT2D eigenvalue weighted by atomic mass is 10.1. The highest BCUT2D eigenvalue weighted by Gasteiger charge is 2.35. The van der Waals surface area contributed by atoms with Crippen LogP contribution in [0.3, 0.4) is 0 Å². The van der Waals surface area contributed by atoms with Gasteiger partial charge in [-0.2, -0.15) is 0 Å². The minimum atomic E-state index is -3.43. The normalized spacial score (nSPS) is 19.3. The Morgan fingerprint density at radius 1 is 1.18 bits per heavy atom. The lowest BCUT2D eigenvalue weighted by molar-refractivity contribution is 0.0985. The largest absolute Gasteiger partial charge is 0.377 e. The Labute approximate surface area is 194 Å². The predicted octanol–water partition coefficient (Wildman–Crippen LogP) is 2.93. The van der Waals surface area contributed by atoms with Gasteiger partial charge in [-0.15, -0.1) is 0 Å². The summed E-state index contributed by atoms with van der Waals surface area (Å²) in [7, 11) is -3.43. The number of anilines is 2. The van der Waals surface area contributed by atoms with Crippen molar-refractivity contribution < 1.29 is 17.9 Å². The van der Waals surface area contributed by atoms with Gasteiger partial charge >= 0.3 is 6.03 Å². The van der Waals surface area contributed by atoms with Crippen molar-refractivity contribution in [3.63, 3.8) is 0 Å². The molecule has 1 aliphatic carbocycles. The molecule has 0 spiro atoms. The van der Waals surface area contributed by atoms with Crippen LogP contribution in [-0.4, -0.2) is 62.5 Å². The summed E-state index contributed by atoms with van der Waals surface area (Å²) in [6.07, 6.45) is 3.26. The number of carbonyl (C=O) groups is 1. The van der Waals surface area contributed by atoms with Crippen molar-refractivity contribution in [2.24, 2.45) is 0 Å². The molecule has 1 atom stereocenters. The van der Waals surface area contributed by atoms with Crippen molar-refractivity contribution in [2.45, 2.75) is 50.4 Å². The molecule has 10 heteroatoms. The standard InChI is InChI=1S/C23H31N5O4S/c1-15-14-32-12-11-28(15)20-13-19(23(2,3)33(4,30)31)26-21(27-20)16-5-7-17(8-6-16)24-22(29)25-18-9-10-18/h5-8,13,15,18H,9-12,14H2,1-4H3,(H2,24,25,29)/t15-/m0/s1. The second-order valence-corrected chi connectivity index (χ2v) is 11.8. The van der Waals surface area contributed by atoms with Gasteiger partial charge in [0.05, 0.1) is 24.9 Å². The maximum absolute atomic E-state index is 12.5. The van der Waals surface area contributed by atoms with E-state index in [2.05, 4.69) is 27.4 Å². The molecule has 2 amide bonds. The van der Waals surface area contributed by atoms with Gasteiger partial charge in [0.1, 0.15) is 10.6 Å². The van der Waals surface area contributed by atoms with Gasteiger partial charge in [-0.3, -0.25) is 0 Å². The molecule has 0 bridgehead atoms. The van der Waals surface area contributed by atoms with Gasteiger partial charge in [0.25, 0.3) is 0 Å². The summed E-state index contributed by atoms with van der Waals surface area (Å²) in [6.45, 7) is 7.19. The first-order valence-corrected chi connectivity index (χ1v) is 13.1. The quantitative estimate of drug-likeness (QED) is 0.663. The number of benzene rings is 1. The molecule has 178 valence electrons. The highest BCUT2D eigenvalue weighted by Crippen LogP contribution is 2.32. The molecule has 2 N–H and O–H groups in total. The summed E-state index contributed by atoms with van der Waals surface area (Å²) < 4.78 is 29.5. The average molecular weight is 474 g/mol. The zero-order chi connectivity index (χ0) is 23.8. The van der Waals surface area contributed by atoms with Gasteiger partial charge < -0.3 is 20.3 Å². The number of hydrogen-bond acceptors (Lipinski definition) is 7. The van der Waals surface area contributed by atoms with Crippen LogP contribution in [0.4, 0.5) is 16.3 Å². The second kappa shape index (κ2) is 8.90. The molecule has 1 aromatic heterocycles. The van der Waals surface area contributed by atoms with E-state index in [1.165, 1.54) is 6.26 Å². The van der Waals surface area contributed by atoms with Crippen LogP contribution in [-0.2, 0) is 19.3 Å². The SMILES string of the molecule is C[C@H]1COCCN1c1cc(C(C)(C)S(C)(=O)=O)nc(-c2ccc(NC(=O)NC3CC3)cc2)n1. The first-order chi connectivity index (χ1) is 15.5. The van der Waals surface area contributed by atoms with E-state index in [4.69, 9.17) is 9.72 Å². The molecule has 1 aliphatic heterocycles. The van der Waals surface area contributed by atoms with Crippen LogP contribution in [0, 0.1) is 0 Å². The van der Waals surface area contributed by atoms with Crippen LogP contribution in [0.5, 0.6) is 0 Å². The van der Waals surface area contributed by atoms with Gasteiger partial charge in [0.15, 0.2) is 15.7 Å². The summed E-state index contributed by atoms with van der Waals surface area (Å²) >= 11 is 0. The van der Waals surface area contributed by atoms with E-state index in [1.54, 1.807) is 32.0 Å². The van der Waals surface area contributed by atoms with Crippen molar-refractivity contribution in [3.8, 4) is 11.4 Å². The van der Waals surface area contributed by atoms with Crippen molar-refractivity contribution >= 4 is 27.4 Å². The van der Waals surface area contributed by atoms with E-state index in [0.29, 0.717) is 42.8 Å². The Bertz CT molecular complexity index is 1130. The van der Waals surface area contributed by atoms with E-state index in [9.17, 15) is 13.2 Å². The fourth-order valence-corrected chi connectivity index (χ4v) is 4.04. The lowest BCUT2D eigenvalue weighted by Crippen LogP contribution is -2.44. The summed E-state index contributed by atoms with van der Waals surface area (Å²) in [5, 5.41) is 5.71. The summed E-state index contributed by atoms with van der Waals surface area (Å²) in [6, 6.07) is 9.16. The molecule has 1 saturated carbocycles. The summed E-state index contributed by atoms with van der Waals surface area (Å²) in [5.74, 6) is 1.11. The number of rotatable bonds is 6. The number of hydrogen-bond donors (Lipinski definition) is 2. The third kappa shape index (κ3) is 5.27. The van der Waals surface area contributed by atoms with Crippen LogP contribution in [0.25, 0.3) is 11.4 Å². The monoisotopic (exact) mass is 473 g/mol. The molecule has 2 aromatic rings. The Kier molecular flexibility index (Phi) is 6.32. The molecule has 33 heavy (non-hydrogen) atoms. The maximum atomic E-state index is 12.5. The number of carbonyl (C=O) groups excluding carboxylic acids is 1. The Morgan fingerprint density at radius 2 is 1.88 bits per heavy atom. The average Bonchev–Trinajstić information content (AvgIpc) is 3.57. The van der Waals surface area contributed by atoms with E-state index in [0.717, 1.165) is 18.4 Å². The zero-order valence-electron chi connectivity index (χ0n) is 19.5. The maximum Gasteiger partial charge on any atom is 0.319 e. The van der Waals surface area contributed by atoms with Crippen LogP contribution in [0.15, 0.2) is 30.3 Å². The fourth-order valence-electron chi connectivity index (χ4n) is 3.56. The fraction of sp³-hybridized carbons (Fsp3) is 0.522. The summed E-state index contributed by atoms with van der Waals surface area (Å²) in [5.41, 5.74) is 1.83. The minimum Gasteiger partial charge on any atom is -0.377 e. The number of ether oxygens (including phenoxy) is 1. The Hall–Kier alpha value is -2.72. The van der Waals surface area contributed by atoms with Gasteiger partial charge in [-0.05, 0) is 57.9 Å². The molecule has 1 aromatic carbocycles. The van der Waals surface area contributed by atoms with Gasteiger partial charge in [0.2, 0.25) is 0 Å². The number of sulfone groups is 1. The number of amides is 2. The van der Waals surface area contributed by atoms with Gasteiger partial charge in [-0.25, -0.2) is 23.2 Å². The Balaban J connectivity index is 1.68. The molecule has 0 unspecified atom stereocenters. The van der Waals surface area contributed by atoms with E-state index < -0.39 is 14.6 Å². The molecular formula is C23H31N5O4S. The molecule has 9 nitrogen and oxygen atoms in total. The third-order valence-electron chi connectivity index (χ3n) is 6.23. The first kappa shape index (κ1) is 23.4. The third-order valence-corrected chi connectivity index (χ3v) is 8.29. The Morgan fingerprint density at radius 3 is 2.48 bits per heavy atom. The molecule has 1 saturated heterocycles. The number of aromatic nitrogens is 2.